The second kappa shape index (κ2) is 7.50. The van der Waals surface area contributed by atoms with Gasteiger partial charge in [0.1, 0.15) is 11.6 Å². The van der Waals surface area contributed by atoms with Crippen LogP contribution < -0.4 is 5.32 Å². The first-order chi connectivity index (χ1) is 8.91. The average molecular weight is 287 g/mol. The second-order valence-corrected chi connectivity index (χ2v) is 7.20. The molecule has 1 atom stereocenters. The summed E-state index contributed by atoms with van der Waals surface area (Å²) in [5, 5.41) is 2.46. The maximum Gasteiger partial charge on any atom is 0.408 e. The SMILES string of the molecule is C[C@H](NC(=O)OC(C)(C)C)C(=O)OCCCC(C)(C)C. The van der Waals surface area contributed by atoms with Crippen molar-refractivity contribution in [3.8, 4) is 0 Å². The van der Waals surface area contributed by atoms with E-state index in [2.05, 4.69) is 26.1 Å². The molecule has 0 aromatic heterocycles. The van der Waals surface area contributed by atoms with E-state index >= 15 is 0 Å². The number of ether oxygens (including phenoxy) is 2. The van der Waals surface area contributed by atoms with E-state index in [0.29, 0.717) is 6.61 Å². The van der Waals surface area contributed by atoms with Crippen LogP contribution >= 0.6 is 0 Å². The van der Waals surface area contributed by atoms with Crippen LogP contribution in [0.3, 0.4) is 0 Å². The molecule has 0 unspecified atom stereocenters. The number of carbonyl (C=O) groups excluding carboxylic acids is 2. The molecular formula is C15H29NO4. The van der Waals surface area contributed by atoms with E-state index in [-0.39, 0.29) is 5.41 Å². The highest BCUT2D eigenvalue weighted by Crippen LogP contribution is 2.20. The number of esters is 1. The predicted molar refractivity (Wildman–Crippen MR) is 78.5 cm³/mol. The Kier molecular flexibility index (Phi) is 7.03. The molecule has 118 valence electrons. The maximum atomic E-state index is 11.7. The second-order valence-electron chi connectivity index (χ2n) is 7.20. The van der Waals surface area contributed by atoms with Crippen LogP contribution in [0.25, 0.3) is 0 Å². The molecule has 1 N–H and O–H groups in total. The average Bonchev–Trinajstić information content (AvgIpc) is 2.19. The van der Waals surface area contributed by atoms with Gasteiger partial charge in [0, 0.05) is 0 Å². The number of carbonyl (C=O) groups is 2. The molecule has 0 aliphatic heterocycles. The van der Waals surface area contributed by atoms with Crippen LogP contribution in [0.4, 0.5) is 4.79 Å². The van der Waals surface area contributed by atoms with Crippen molar-refractivity contribution in [2.75, 3.05) is 6.61 Å². The zero-order valence-corrected chi connectivity index (χ0v) is 13.8. The van der Waals surface area contributed by atoms with Crippen molar-refractivity contribution in [2.24, 2.45) is 5.41 Å². The van der Waals surface area contributed by atoms with E-state index in [1.165, 1.54) is 0 Å². The molecule has 0 bridgehead atoms. The first kappa shape index (κ1) is 18.7. The summed E-state index contributed by atoms with van der Waals surface area (Å²) in [6.07, 6.45) is 1.18. The Morgan fingerprint density at radius 1 is 1.10 bits per heavy atom. The summed E-state index contributed by atoms with van der Waals surface area (Å²) in [6, 6.07) is -0.709. The van der Waals surface area contributed by atoms with Gasteiger partial charge in [-0.2, -0.15) is 0 Å². The fourth-order valence-corrected chi connectivity index (χ4v) is 1.44. The minimum absolute atomic E-state index is 0.229. The van der Waals surface area contributed by atoms with Gasteiger partial charge in [0.25, 0.3) is 0 Å². The van der Waals surface area contributed by atoms with Crippen molar-refractivity contribution in [1.82, 2.24) is 5.32 Å². The highest BCUT2D eigenvalue weighted by molar-refractivity contribution is 5.80. The molecule has 1 amide bonds. The quantitative estimate of drug-likeness (QED) is 0.622. The van der Waals surface area contributed by atoms with Crippen molar-refractivity contribution < 1.29 is 19.1 Å². The maximum absolute atomic E-state index is 11.7. The van der Waals surface area contributed by atoms with Crippen LogP contribution in [0.5, 0.6) is 0 Å². The van der Waals surface area contributed by atoms with E-state index in [9.17, 15) is 9.59 Å². The Balaban J connectivity index is 3.96. The number of hydrogen-bond donors (Lipinski definition) is 1. The Hall–Kier alpha value is -1.26. The molecule has 0 heterocycles. The molecule has 0 radical (unpaired) electrons. The lowest BCUT2D eigenvalue weighted by Gasteiger charge is -2.21. The van der Waals surface area contributed by atoms with Crippen LogP contribution in [-0.4, -0.2) is 30.3 Å². The summed E-state index contributed by atoms with van der Waals surface area (Å²) in [6.45, 7) is 13.7. The van der Waals surface area contributed by atoms with E-state index in [1.54, 1.807) is 27.7 Å². The van der Waals surface area contributed by atoms with Crippen LogP contribution in [0, 0.1) is 5.41 Å². The van der Waals surface area contributed by atoms with Crippen molar-refractivity contribution >= 4 is 12.1 Å². The van der Waals surface area contributed by atoms with Gasteiger partial charge in [-0.05, 0) is 46.0 Å². The lowest BCUT2D eigenvalue weighted by Crippen LogP contribution is -2.42. The van der Waals surface area contributed by atoms with Crippen molar-refractivity contribution in [3.05, 3.63) is 0 Å². The first-order valence-electron chi connectivity index (χ1n) is 7.07. The van der Waals surface area contributed by atoms with Crippen molar-refractivity contribution in [2.45, 2.75) is 73.0 Å². The van der Waals surface area contributed by atoms with Crippen LogP contribution in [0.2, 0.25) is 0 Å². The van der Waals surface area contributed by atoms with Gasteiger partial charge in [0.2, 0.25) is 0 Å². The highest BCUT2D eigenvalue weighted by Gasteiger charge is 2.21. The molecule has 0 saturated heterocycles. The van der Waals surface area contributed by atoms with Crippen molar-refractivity contribution in [3.63, 3.8) is 0 Å². The zero-order chi connectivity index (χ0) is 16.0. The Morgan fingerprint density at radius 3 is 2.10 bits per heavy atom. The molecule has 0 saturated carbocycles. The van der Waals surface area contributed by atoms with Crippen LogP contribution in [0.15, 0.2) is 0 Å². The minimum Gasteiger partial charge on any atom is -0.464 e. The third kappa shape index (κ3) is 10.6. The fraction of sp³-hybridized carbons (Fsp3) is 0.867. The smallest absolute Gasteiger partial charge is 0.408 e. The van der Waals surface area contributed by atoms with Crippen LogP contribution in [-0.2, 0) is 14.3 Å². The summed E-state index contributed by atoms with van der Waals surface area (Å²) in [5.41, 5.74) is -0.354. The Labute approximate surface area is 122 Å². The molecule has 0 spiro atoms. The summed E-state index contributed by atoms with van der Waals surface area (Å²) in [7, 11) is 0. The van der Waals surface area contributed by atoms with E-state index < -0.39 is 23.7 Å². The normalized spacial score (nSPS) is 13.6. The number of nitrogens with one attached hydrogen (secondary N) is 1. The molecule has 5 nitrogen and oxygen atoms in total. The first-order valence-corrected chi connectivity index (χ1v) is 7.07. The monoisotopic (exact) mass is 287 g/mol. The summed E-state index contributed by atoms with van der Waals surface area (Å²) >= 11 is 0. The van der Waals surface area contributed by atoms with E-state index in [0.717, 1.165) is 12.8 Å². The summed E-state index contributed by atoms with van der Waals surface area (Å²) < 4.78 is 10.2. The number of alkyl carbamates (subject to hydrolysis) is 1. The van der Waals surface area contributed by atoms with E-state index in [4.69, 9.17) is 9.47 Å². The Bertz CT molecular complexity index is 326. The lowest BCUT2D eigenvalue weighted by molar-refractivity contribution is -0.145. The van der Waals surface area contributed by atoms with Gasteiger partial charge in [0.15, 0.2) is 0 Å². The number of hydrogen-bond acceptors (Lipinski definition) is 4. The van der Waals surface area contributed by atoms with Gasteiger partial charge in [0.05, 0.1) is 6.61 Å². The van der Waals surface area contributed by atoms with Gasteiger partial charge in [-0.25, -0.2) is 9.59 Å². The number of rotatable bonds is 5. The van der Waals surface area contributed by atoms with Gasteiger partial charge in [-0.1, -0.05) is 20.8 Å². The molecule has 0 fully saturated rings. The van der Waals surface area contributed by atoms with Gasteiger partial charge >= 0.3 is 12.1 Å². The molecular weight excluding hydrogens is 258 g/mol. The third-order valence-corrected chi connectivity index (χ3v) is 2.40. The summed E-state index contributed by atoms with van der Waals surface area (Å²) in [4.78, 5) is 23.2. The zero-order valence-electron chi connectivity index (χ0n) is 13.8. The molecule has 5 heteroatoms. The summed E-state index contributed by atoms with van der Waals surface area (Å²) in [5.74, 6) is -0.440. The van der Waals surface area contributed by atoms with Gasteiger partial charge in [-0.3, -0.25) is 0 Å². The molecule has 0 aliphatic rings. The van der Waals surface area contributed by atoms with Gasteiger partial charge in [-0.15, -0.1) is 0 Å². The van der Waals surface area contributed by atoms with Crippen molar-refractivity contribution in [1.29, 1.82) is 0 Å². The third-order valence-electron chi connectivity index (χ3n) is 2.40. The highest BCUT2D eigenvalue weighted by atomic mass is 16.6. The predicted octanol–water partition coefficient (Wildman–Crippen LogP) is 3.27. The molecule has 0 rings (SSSR count). The van der Waals surface area contributed by atoms with E-state index in [1.807, 2.05) is 0 Å². The molecule has 0 aliphatic carbocycles. The molecule has 0 aromatic rings. The molecule has 20 heavy (non-hydrogen) atoms. The minimum atomic E-state index is -0.709. The van der Waals surface area contributed by atoms with Crippen LogP contribution in [0.1, 0.15) is 61.3 Å². The topological polar surface area (TPSA) is 64.6 Å². The lowest BCUT2D eigenvalue weighted by atomic mass is 9.91. The fourth-order valence-electron chi connectivity index (χ4n) is 1.44. The standard InChI is InChI=1S/C15H29NO4/c1-11(16-13(18)20-15(5,6)7)12(17)19-10-8-9-14(2,3)4/h11H,8-10H2,1-7H3,(H,16,18)/t11-/m0/s1. The van der Waals surface area contributed by atoms with Gasteiger partial charge < -0.3 is 14.8 Å². The molecule has 0 aromatic carbocycles. The number of amides is 1. The largest absolute Gasteiger partial charge is 0.464 e. The Morgan fingerprint density at radius 2 is 1.65 bits per heavy atom.